The van der Waals surface area contributed by atoms with Crippen molar-refractivity contribution in [2.24, 2.45) is 11.3 Å². The second-order valence-corrected chi connectivity index (χ2v) is 5.82. The molecule has 0 spiro atoms. The molecule has 1 heterocycles. The van der Waals surface area contributed by atoms with E-state index in [1.807, 2.05) is 12.1 Å². The van der Waals surface area contributed by atoms with E-state index in [9.17, 15) is 0 Å². The van der Waals surface area contributed by atoms with Crippen LogP contribution in [0.25, 0.3) is 0 Å². The predicted molar refractivity (Wildman–Crippen MR) is 66.2 cm³/mol. The molecule has 1 aromatic heterocycles. The third-order valence-corrected chi connectivity index (χ3v) is 3.77. The summed E-state index contributed by atoms with van der Waals surface area (Å²) >= 11 is 0. The Bertz CT molecular complexity index is 293. The molecule has 1 N–H and O–H groups in total. The lowest BCUT2D eigenvalue weighted by Crippen LogP contribution is -2.28. The lowest BCUT2D eigenvalue weighted by atomic mass is 9.73. The largest absolute Gasteiger partial charge is 0.468 e. The molecule has 0 aliphatic heterocycles. The first-order valence-electron chi connectivity index (χ1n) is 6.39. The summed E-state index contributed by atoms with van der Waals surface area (Å²) in [7, 11) is 0. The molecular weight excluding hydrogens is 198 g/mol. The lowest BCUT2D eigenvalue weighted by Gasteiger charge is -2.34. The van der Waals surface area contributed by atoms with Crippen molar-refractivity contribution in [1.82, 2.24) is 5.32 Å². The van der Waals surface area contributed by atoms with Gasteiger partial charge in [-0.05, 0) is 55.7 Å². The molecule has 90 valence electrons. The third kappa shape index (κ3) is 3.38. The van der Waals surface area contributed by atoms with E-state index in [-0.39, 0.29) is 0 Å². The van der Waals surface area contributed by atoms with Crippen LogP contribution in [0.2, 0.25) is 0 Å². The molecule has 2 nitrogen and oxygen atoms in total. The molecule has 0 aromatic carbocycles. The molecule has 2 rings (SSSR count). The zero-order valence-electron chi connectivity index (χ0n) is 10.5. The van der Waals surface area contributed by atoms with Crippen LogP contribution < -0.4 is 5.32 Å². The average molecular weight is 221 g/mol. The molecule has 0 atom stereocenters. The highest BCUT2D eigenvalue weighted by atomic mass is 16.3. The summed E-state index contributed by atoms with van der Waals surface area (Å²) in [5.74, 6) is 1.90. The number of furan rings is 1. The average Bonchev–Trinajstić information content (AvgIpc) is 2.73. The van der Waals surface area contributed by atoms with Crippen LogP contribution in [-0.4, -0.2) is 6.54 Å². The van der Waals surface area contributed by atoms with Gasteiger partial charge >= 0.3 is 0 Å². The maximum absolute atomic E-state index is 5.29. The van der Waals surface area contributed by atoms with Gasteiger partial charge in [-0.2, -0.15) is 0 Å². The molecule has 16 heavy (non-hydrogen) atoms. The highest BCUT2D eigenvalue weighted by Gasteiger charge is 2.26. The zero-order valence-corrected chi connectivity index (χ0v) is 10.5. The van der Waals surface area contributed by atoms with Gasteiger partial charge in [-0.3, -0.25) is 0 Å². The second kappa shape index (κ2) is 5.05. The van der Waals surface area contributed by atoms with E-state index >= 15 is 0 Å². The van der Waals surface area contributed by atoms with Crippen molar-refractivity contribution in [3.05, 3.63) is 24.2 Å². The van der Waals surface area contributed by atoms with E-state index in [2.05, 4.69) is 19.2 Å². The highest BCUT2D eigenvalue weighted by Crippen LogP contribution is 2.37. The Kier molecular flexibility index (Phi) is 3.70. The Balaban J connectivity index is 1.64. The molecule has 0 unspecified atom stereocenters. The molecule has 2 heteroatoms. The van der Waals surface area contributed by atoms with E-state index < -0.39 is 0 Å². The molecule has 0 amide bonds. The third-order valence-electron chi connectivity index (χ3n) is 3.77. The minimum absolute atomic E-state index is 0.581. The molecule has 1 fully saturated rings. The Hall–Kier alpha value is -0.760. The van der Waals surface area contributed by atoms with Crippen molar-refractivity contribution < 1.29 is 4.42 Å². The van der Waals surface area contributed by atoms with E-state index in [1.165, 1.54) is 25.7 Å². The van der Waals surface area contributed by atoms with Crippen molar-refractivity contribution >= 4 is 0 Å². The Morgan fingerprint density at radius 1 is 1.38 bits per heavy atom. The van der Waals surface area contributed by atoms with E-state index in [4.69, 9.17) is 4.42 Å². The Labute approximate surface area is 98.4 Å². The van der Waals surface area contributed by atoms with Crippen LogP contribution in [0.4, 0.5) is 0 Å². The van der Waals surface area contributed by atoms with Crippen molar-refractivity contribution in [3.63, 3.8) is 0 Å². The first-order valence-corrected chi connectivity index (χ1v) is 6.39. The quantitative estimate of drug-likeness (QED) is 0.840. The minimum atomic E-state index is 0.581. The highest BCUT2D eigenvalue weighted by molar-refractivity contribution is 4.97. The molecule has 1 aliphatic rings. The van der Waals surface area contributed by atoms with E-state index in [1.54, 1.807) is 6.26 Å². The Morgan fingerprint density at radius 2 is 2.12 bits per heavy atom. The fraction of sp³-hybridized carbons (Fsp3) is 0.714. The van der Waals surface area contributed by atoms with Crippen LogP contribution in [0.3, 0.4) is 0 Å². The van der Waals surface area contributed by atoms with Gasteiger partial charge in [0.2, 0.25) is 0 Å². The normalized spacial score (nSPS) is 21.1. The smallest absolute Gasteiger partial charge is 0.117 e. The molecule has 1 aromatic rings. The van der Waals surface area contributed by atoms with Gasteiger partial charge in [0.05, 0.1) is 12.8 Å². The Morgan fingerprint density at radius 3 is 2.75 bits per heavy atom. The number of hydrogen-bond donors (Lipinski definition) is 1. The van der Waals surface area contributed by atoms with Crippen molar-refractivity contribution in [2.75, 3.05) is 6.54 Å². The molecule has 0 bridgehead atoms. The van der Waals surface area contributed by atoms with Gasteiger partial charge in [0, 0.05) is 0 Å². The fourth-order valence-electron chi connectivity index (χ4n) is 2.48. The number of hydrogen-bond acceptors (Lipinski definition) is 2. The second-order valence-electron chi connectivity index (χ2n) is 5.82. The first-order chi connectivity index (χ1) is 7.66. The van der Waals surface area contributed by atoms with E-state index in [0.29, 0.717) is 5.41 Å². The summed E-state index contributed by atoms with van der Waals surface area (Å²) in [4.78, 5) is 0. The molecule has 0 saturated heterocycles. The van der Waals surface area contributed by atoms with E-state index in [0.717, 1.165) is 24.8 Å². The van der Waals surface area contributed by atoms with Gasteiger partial charge in [0.1, 0.15) is 5.76 Å². The maximum Gasteiger partial charge on any atom is 0.117 e. The minimum Gasteiger partial charge on any atom is -0.468 e. The van der Waals surface area contributed by atoms with Gasteiger partial charge in [0.15, 0.2) is 0 Å². The zero-order chi connectivity index (χ0) is 11.4. The summed E-state index contributed by atoms with van der Waals surface area (Å²) in [6.07, 6.45) is 7.23. The summed E-state index contributed by atoms with van der Waals surface area (Å²) in [6, 6.07) is 3.97. The molecule has 1 aliphatic carbocycles. The molecule has 1 saturated carbocycles. The van der Waals surface area contributed by atoms with Gasteiger partial charge in [-0.25, -0.2) is 0 Å². The monoisotopic (exact) mass is 221 g/mol. The maximum atomic E-state index is 5.29. The van der Waals surface area contributed by atoms with Crippen LogP contribution in [0, 0.1) is 11.3 Å². The van der Waals surface area contributed by atoms with Crippen molar-refractivity contribution in [2.45, 2.75) is 46.1 Å². The van der Waals surface area contributed by atoms with Crippen molar-refractivity contribution in [3.8, 4) is 0 Å². The van der Waals surface area contributed by atoms with Gasteiger partial charge in [-0.1, -0.05) is 13.8 Å². The fourth-order valence-corrected chi connectivity index (χ4v) is 2.48. The van der Waals surface area contributed by atoms with Crippen LogP contribution in [-0.2, 0) is 6.54 Å². The number of rotatable bonds is 4. The summed E-state index contributed by atoms with van der Waals surface area (Å²) in [5, 5.41) is 3.49. The van der Waals surface area contributed by atoms with Crippen LogP contribution >= 0.6 is 0 Å². The standard InChI is InChI=1S/C14H23NO/c1-14(2)7-5-12(6-8-14)10-15-11-13-4-3-9-16-13/h3-4,9,12,15H,5-8,10-11H2,1-2H3. The van der Waals surface area contributed by atoms with Crippen LogP contribution in [0.15, 0.2) is 22.8 Å². The summed E-state index contributed by atoms with van der Waals surface area (Å²) < 4.78 is 5.29. The lowest BCUT2D eigenvalue weighted by molar-refractivity contribution is 0.188. The van der Waals surface area contributed by atoms with Crippen LogP contribution in [0.5, 0.6) is 0 Å². The van der Waals surface area contributed by atoms with Crippen LogP contribution in [0.1, 0.15) is 45.3 Å². The topological polar surface area (TPSA) is 25.2 Å². The number of nitrogens with one attached hydrogen (secondary N) is 1. The molecule has 0 radical (unpaired) electrons. The first kappa shape index (κ1) is 11.7. The molecular formula is C14H23NO. The van der Waals surface area contributed by atoms with Crippen molar-refractivity contribution in [1.29, 1.82) is 0 Å². The summed E-state index contributed by atoms with van der Waals surface area (Å²) in [5.41, 5.74) is 0.581. The van der Waals surface area contributed by atoms with Gasteiger partial charge in [0.25, 0.3) is 0 Å². The van der Waals surface area contributed by atoms with Gasteiger partial charge in [-0.15, -0.1) is 0 Å². The predicted octanol–water partition coefficient (Wildman–Crippen LogP) is 3.59. The SMILES string of the molecule is CC1(C)CCC(CNCc2ccco2)CC1. The summed E-state index contributed by atoms with van der Waals surface area (Å²) in [6.45, 7) is 6.78. The van der Waals surface area contributed by atoms with Gasteiger partial charge < -0.3 is 9.73 Å².